The van der Waals surface area contributed by atoms with Crippen molar-refractivity contribution >= 4 is 0 Å². The Bertz CT molecular complexity index is 404. The van der Waals surface area contributed by atoms with Gasteiger partial charge < -0.3 is 0 Å². The topological polar surface area (TPSA) is 0 Å². The molecule has 0 amide bonds. The molecule has 0 unspecified atom stereocenters. The smallest absolute Gasteiger partial charge is 0.0307 e. The predicted molar refractivity (Wildman–Crippen MR) is 137 cm³/mol. The van der Waals surface area contributed by atoms with Crippen molar-refractivity contribution in [3.8, 4) is 0 Å². The van der Waals surface area contributed by atoms with E-state index in [-0.39, 0.29) is 44.6 Å². The highest BCUT2D eigenvalue weighted by Crippen LogP contribution is 2.04. The van der Waals surface area contributed by atoms with Crippen LogP contribution in [0.2, 0.25) is 0 Å². The number of benzene rings is 2. The summed E-state index contributed by atoms with van der Waals surface area (Å²) in [6.45, 7) is 12.8. The Kier molecular flexibility index (Phi) is 48.4. The van der Waals surface area contributed by atoms with Crippen LogP contribution in [0.4, 0.5) is 0 Å². The Hall–Kier alpha value is -1.56. The van der Waals surface area contributed by atoms with Crippen LogP contribution in [0.5, 0.6) is 0 Å². The molecule has 0 fully saturated rings. The van der Waals surface area contributed by atoms with Gasteiger partial charge in [0, 0.05) is 0 Å². The van der Waals surface area contributed by atoms with Gasteiger partial charge in [0.05, 0.1) is 0 Å². The minimum Gasteiger partial charge on any atom is -0.0776 e. The van der Waals surface area contributed by atoms with Gasteiger partial charge >= 0.3 is 0 Å². The van der Waals surface area contributed by atoms with Crippen LogP contribution in [0.25, 0.3) is 0 Å². The first-order chi connectivity index (χ1) is 10.1. The van der Waals surface area contributed by atoms with Gasteiger partial charge in [0.2, 0.25) is 0 Å². The fourth-order valence-corrected chi connectivity index (χ4v) is 1.65. The predicted octanol–water partition coefficient (Wildman–Crippen LogP) is 10.3. The molecule has 2 aromatic carbocycles. The standard InChI is InChI=1S/C10H14.C8H10.C3H8.6CH4/c1-3-9-5-7-10(4-2)8-6-9;1-7-3-5-8(2)6-4-7;1-3-2;;;;;;/h5-8H,3-4H2,1-2H3;3-6H,1-2H3;3H2,1-2H3;6*1H4. The molecule has 2 aromatic rings. The Balaban J connectivity index is -0.0000000437. The molecule has 2 rings (SSSR count). The molecule has 0 saturated heterocycles. The summed E-state index contributed by atoms with van der Waals surface area (Å²) in [7, 11) is 0. The fraction of sp³-hybridized carbons (Fsp3) is 0.556. The van der Waals surface area contributed by atoms with Crippen molar-refractivity contribution in [3.05, 3.63) is 70.8 Å². The van der Waals surface area contributed by atoms with Crippen LogP contribution in [0, 0.1) is 13.8 Å². The number of hydrogen-bond acceptors (Lipinski definition) is 0. The normalized spacial score (nSPS) is 7.04. The minimum atomic E-state index is 0. The number of aryl methyl sites for hydroxylation is 4. The van der Waals surface area contributed by atoms with Gasteiger partial charge in [-0.2, -0.15) is 0 Å². The first-order valence-corrected chi connectivity index (χ1v) is 8.18. The molecular formula is C27H56. The summed E-state index contributed by atoms with van der Waals surface area (Å²) in [4.78, 5) is 0. The van der Waals surface area contributed by atoms with Crippen LogP contribution >= 0.6 is 0 Å². The van der Waals surface area contributed by atoms with E-state index in [1.165, 1.54) is 28.7 Å². The van der Waals surface area contributed by atoms with Crippen LogP contribution in [0.1, 0.15) is 101 Å². The molecule has 0 heterocycles. The van der Waals surface area contributed by atoms with Gasteiger partial charge in [-0.05, 0) is 37.8 Å². The summed E-state index contributed by atoms with van der Waals surface area (Å²) in [6.07, 6.45) is 3.54. The van der Waals surface area contributed by atoms with Crippen molar-refractivity contribution in [3.63, 3.8) is 0 Å². The van der Waals surface area contributed by atoms with Crippen LogP contribution in [0.15, 0.2) is 48.5 Å². The third kappa shape index (κ3) is 24.4. The van der Waals surface area contributed by atoms with Gasteiger partial charge in [-0.25, -0.2) is 0 Å². The quantitative estimate of drug-likeness (QED) is 0.486. The molecule has 0 bridgehead atoms. The van der Waals surface area contributed by atoms with E-state index in [2.05, 4.69) is 90.1 Å². The molecule has 0 heteroatoms. The number of rotatable bonds is 2. The van der Waals surface area contributed by atoms with Gasteiger partial charge in [0.1, 0.15) is 0 Å². The van der Waals surface area contributed by atoms with Crippen molar-refractivity contribution in [1.82, 2.24) is 0 Å². The minimum absolute atomic E-state index is 0. The summed E-state index contributed by atoms with van der Waals surface area (Å²) in [5, 5.41) is 0. The average Bonchev–Trinajstić information content (AvgIpc) is 2.52. The van der Waals surface area contributed by atoms with Gasteiger partial charge in [0.25, 0.3) is 0 Å². The molecule has 0 spiro atoms. The molecule has 0 nitrogen and oxygen atoms in total. The average molecular weight is 381 g/mol. The highest BCUT2D eigenvalue weighted by Gasteiger charge is 1.88. The lowest BCUT2D eigenvalue weighted by molar-refractivity contribution is 1.09. The van der Waals surface area contributed by atoms with E-state index >= 15 is 0 Å². The van der Waals surface area contributed by atoms with E-state index in [1.807, 2.05) is 0 Å². The van der Waals surface area contributed by atoms with E-state index in [4.69, 9.17) is 0 Å². The van der Waals surface area contributed by atoms with E-state index in [0.29, 0.717) is 0 Å². The molecule has 164 valence electrons. The maximum absolute atomic E-state index is 2.21. The summed E-state index contributed by atoms with van der Waals surface area (Å²) in [6, 6.07) is 17.3. The Labute approximate surface area is 176 Å². The lowest BCUT2D eigenvalue weighted by Gasteiger charge is -1.97. The SMILES string of the molecule is C.C.C.C.C.C.CCC.CCc1ccc(CC)cc1.Cc1ccc(C)cc1. The van der Waals surface area contributed by atoms with Crippen molar-refractivity contribution in [2.45, 2.75) is 105 Å². The third-order valence-corrected chi connectivity index (χ3v) is 3.06. The van der Waals surface area contributed by atoms with Gasteiger partial charge in [-0.3, -0.25) is 0 Å². The monoisotopic (exact) mass is 380 g/mol. The first kappa shape index (κ1) is 44.7. The van der Waals surface area contributed by atoms with E-state index < -0.39 is 0 Å². The Morgan fingerprint density at radius 2 is 0.630 bits per heavy atom. The van der Waals surface area contributed by atoms with Crippen LogP contribution in [-0.2, 0) is 12.8 Å². The van der Waals surface area contributed by atoms with Gasteiger partial charge in [-0.1, -0.05) is 138 Å². The lowest BCUT2D eigenvalue weighted by Crippen LogP contribution is -1.81. The summed E-state index contributed by atoms with van der Waals surface area (Å²) >= 11 is 0. The lowest BCUT2D eigenvalue weighted by atomic mass is 10.1. The second kappa shape index (κ2) is 29.2. The molecule has 0 N–H and O–H groups in total. The van der Waals surface area contributed by atoms with Crippen molar-refractivity contribution in [1.29, 1.82) is 0 Å². The second-order valence-electron chi connectivity index (χ2n) is 5.39. The molecule has 0 aliphatic rings. The fourth-order valence-electron chi connectivity index (χ4n) is 1.65. The van der Waals surface area contributed by atoms with Crippen LogP contribution in [0.3, 0.4) is 0 Å². The molecule has 0 saturated carbocycles. The third-order valence-electron chi connectivity index (χ3n) is 3.06. The molecule has 0 radical (unpaired) electrons. The number of hydrogen-bond donors (Lipinski definition) is 0. The summed E-state index contributed by atoms with van der Waals surface area (Å²) in [5.41, 5.74) is 5.51. The Morgan fingerprint density at radius 3 is 0.778 bits per heavy atom. The largest absolute Gasteiger partial charge is 0.0776 e. The van der Waals surface area contributed by atoms with Gasteiger partial charge in [-0.15, -0.1) is 0 Å². The molecular weight excluding hydrogens is 324 g/mol. The van der Waals surface area contributed by atoms with Gasteiger partial charge in [0.15, 0.2) is 0 Å². The van der Waals surface area contributed by atoms with E-state index in [9.17, 15) is 0 Å². The molecule has 0 aromatic heterocycles. The zero-order valence-electron chi connectivity index (χ0n) is 14.7. The first-order valence-electron chi connectivity index (χ1n) is 8.18. The van der Waals surface area contributed by atoms with Crippen LogP contribution < -0.4 is 0 Å². The highest BCUT2D eigenvalue weighted by atomic mass is 13.9. The maximum atomic E-state index is 2.21. The molecule has 27 heavy (non-hydrogen) atoms. The molecule has 0 aliphatic heterocycles. The second-order valence-corrected chi connectivity index (χ2v) is 5.39. The van der Waals surface area contributed by atoms with E-state index in [0.717, 1.165) is 12.8 Å². The summed E-state index contributed by atoms with van der Waals surface area (Å²) < 4.78 is 0. The zero-order chi connectivity index (χ0) is 16.1. The summed E-state index contributed by atoms with van der Waals surface area (Å²) in [5.74, 6) is 0. The van der Waals surface area contributed by atoms with Crippen molar-refractivity contribution in [2.24, 2.45) is 0 Å². The van der Waals surface area contributed by atoms with Crippen LogP contribution in [-0.4, -0.2) is 0 Å². The zero-order valence-corrected chi connectivity index (χ0v) is 14.7. The Morgan fingerprint density at radius 1 is 0.444 bits per heavy atom. The molecule has 0 aliphatic carbocycles. The molecule has 0 atom stereocenters. The van der Waals surface area contributed by atoms with Crippen molar-refractivity contribution < 1.29 is 0 Å². The van der Waals surface area contributed by atoms with Crippen molar-refractivity contribution in [2.75, 3.05) is 0 Å². The highest BCUT2D eigenvalue weighted by molar-refractivity contribution is 5.22. The maximum Gasteiger partial charge on any atom is -0.0307 e. The van der Waals surface area contributed by atoms with E-state index in [1.54, 1.807) is 0 Å².